The molecule has 110 valence electrons. The molecular weight excluding hydrogens is 276 g/mol. The lowest BCUT2D eigenvalue weighted by atomic mass is 9.95. The van der Waals surface area contributed by atoms with Gasteiger partial charge in [0.2, 0.25) is 0 Å². The van der Waals surface area contributed by atoms with Gasteiger partial charge in [0.05, 0.1) is 0 Å². The summed E-state index contributed by atoms with van der Waals surface area (Å²) in [4.78, 5) is 7.17. The second-order valence-electron chi connectivity index (χ2n) is 5.57. The Bertz CT molecular complexity index is 570. The van der Waals surface area contributed by atoms with Crippen LogP contribution in [0.2, 0.25) is 0 Å². The maximum Gasteiger partial charge on any atom is 0.100 e. The van der Waals surface area contributed by atoms with E-state index in [2.05, 4.69) is 58.6 Å². The van der Waals surface area contributed by atoms with E-state index in [4.69, 9.17) is 0 Å². The van der Waals surface area contributed by atoms with Crippen molar-refractivity contribution in [1.29, 1.82) is 0 Å². The molecule has 1 atom stereocenters. The van der Waals surface area contributed by atoms with Gasteiger partial charge in [0, 0.05) is 24.3 Å². The Morgan fingerprint density at radius 1 is 1.14 bits per heavy atom. The summed E-state index contributed by atoms with van der Waals surface area (Å²) in [6.07, 6.45) is 7.89. The molecule has 1 aromatic carbocycles. The summed E-state index contributed by atoms with van der Waals surface area (Å²) < 4.78 is 0. The Kier molecular flexibility index (Phi) is 4.94. The van der Waals surface area contributed by atoms with E-state index in [-0.39, 0.29) is 0 Å². The van der Waals surface area contributed by atoms with Crippen LogP contribution in [-0.2, 0) is 6.54 Å². The fraction of sp³-hybridized carbons (Fsp3) is 0.389. The molecule has 0 unspecified atom stereocenters. The molecule has 0 spiro atoms. The van der Waals surface area contributed by atoms with Crippen LogP contribution in [0.5, 0.6) is 0 Å². The van der Waals surface area contributed by atoms with Gasteiger partial charge in [-0.15, -0.1) is 11.8 Å². The molecule has 1 aliphatic heterocycles. The van der Waals surface area contributed by atoms with Crippen LogP contribution < -0.4 is 0 Å². The number of piperidine rings is 1. The molecule has 21 heavy (non-hydrogen) atoms. The molecule has 2 nitrogen and oxygen atoms in total. The van der Waals surface area contributed by atoms with Gasteiger partial charge in [-0.25, -0.2) is 4.98 Å². The average Bonchev–Trinajstić information content (AvgIpc) is 2.56. The monoisotopic (exact) mass is 298 g/mol. The highest BCUT2D eigenvalue weighted by atomic mass is 32.2. The first-order chi connectivity index (χ1) is 10.4. The van der Waals surface area contributed by atoms with E-state index < -0.39 is 0 Å². The van der Waals surface area contributed by atoms with Gasteiger partial charge in [0.1, 0.15) is 5.03 Å². The molecule has 2 aromatic rings. The zero-order valence-electron chi connectivity index (χ0n) is 12.5. The highest BCUT2D eigenvalue weighted by molar-refractivity contribution is 7.98. The van der Waals surface area contributed by atoms with Gasteiger partial charge in [-0.05, 0) is 37.3 Å². The van der Waals surface area contributed by atoms with E-state index in [1.807, 2.05) is 6.20 Å². The van der Waals surface area contributed by atoms with Crippen LogP contribution in [0.25, 0.3) is 0 Å². The maximum absolute atomic E-state index is 4.55. The molecule has 2 heterocycles. The molecule has 1 saturated heterocycles. The van der Waals surface area contributed by atoms with Gasteiger partial charge in [-0.2, -0.15) is 0 Å². The smallest absolute Gasteiger partial charge is 0.100 e. The van der Waals surface area contributed by atoms with Crippen LogP contribution in [0.15, 0.2) is 53.7 Å². The standard InChI is InChI=1S/C18H22N2S/c1-21-18-16(10-7-12-19-18)17-11-5-6-13-20(17)14-15-8-3-2-4-9-15/h2-4,7-10,12,17H,5-6,11,13-14H2,1H3/t17-/m0/s1. The van der Waals surface area contributed by atoms with Crippen LogP contribution in [0.3, 0.4) is 0 Å². The third-order valence-corrected chi connectivity index (χ3v) is 4.92. The minimum atomic E-state index is 0.509. The first-order valence-corrected chi connectivity index (χ1v) is 8.88. The lowest BCUT2D eigenvalue weighted by molar-refractivity contribution is 0.138. The molecule has 1 fully saturated rings. The zero-order chi connectivity index (χ0) is 14.5. The topological polar surface area (TPSA) is 16.1 Å². The van der Waals surface area contributed by atoms with Gasteiger partial charge in [0.25, 0.3) is 0 Å². The Balaban J connectivity index is 1.84. The van der Waals surface area contributed by atoms with Crippen LogP contribution in [0.1, 0.15) is 36.4 Å². The van der Waals surface area contributed by atoms with Crippen molar-refractivity contribution in [3.05, 3.63) is 59.8 Å². The number of rotatable bonds is 4. The van der Waals surface area contributed by atoms with Crippen molar-refractivity contribution in [2.75, 3.05) is 12.8 Å². The molecule has 3 heteroatoms. The van der Waals surface area contributed by atoms with Gasteiger partial charge in [0.15, 0.2) is 0 Å². The van der Waals surface area contributed by atoms with Crippen molar-refractivity contribution < 1.29 is 0 Å². The third kappa shape index (κ3) is 3.47. The number of pyridine rings is 1. The summed E-state index contributed by atoms with van der Waals surface area (Å²) in [5, 5.41) is 1.18. The zero-order valence-corrected chi connectivity index (χ0v) is 13.4. The summed E-state index contributed by atoms with van der Waals surface area (Å²) in [6.45, 7) is 2.22. The fourth-order valence-corrected chi connectivity index (χ4v) is 3.78. The first-order valence-electron chi connectivity index (χ1n) is 7.65. The Hall–Kier alpha value is -1.32. The van der Waals surface area contributed by atoms with Crippen LogP contribution >= 0.6 is 11.8 Å². The minimum absolute atomic E-state index is 0.509. The van der Waals surface area contributed by atoms with Crippen molar-refractivity contribution in [3.63, 3.8) is 0 Å². The number of benzene rings is 1. The summed E-state index contributed by atoms with van der Waals surface area (Å²) in [7, 11) is 0. The lowest BCUT2D eigenvalue weighted by Crippen LogP contribution is -2.33. The molecule has 3 rings (SSSR count). The SMILES string of the molecule is CSc1ncccc1[C@@H]1CCCCN1Cc1ccccc1. The van der Waals surface area contributed by atoms with E-state index >= 15 is 0 Å². The quantitative estimate of drug-likeness (QED) is 0.771. The van der Waals surface area contributed by atoms with Gasteiger partial charge >= 0.3 is 0 Å². The second-order valence-corrected chi connectivity index (χ2v) is 6.36. The van der Waals surface area contributed by atoms with Crippen molar-refractivity contribution >= 4 is 11.8 Å². The second kappa shape index (κ2) is 7.10. The van der Waals surface area contributed by atoms with E-state index in [9.17, 15) is 0 Å². The van der Waals surface area contributed by atoms with Crippen molar-refractivity contribution in [1.82, 2.24) is 9.88 Å². The van der Waals surface area contributed by atoms with Crippen LogP contribution in [0.4, 0.5) is 0 Å². The highest BCUT2D eigenvalue weighted by Crippen LogP contribution is 2.35. The predicted octanol–water partition coefficient (Wildman–Crippen LogP) is 4.53. The largest absolute Gasteiger partial charge is 0.292 e. The van der Waals surface area contributed by atoms with Crippen LogP contribution in [0, 0.1) is 0 Å². The van der Waals surface area contributed by atoms with Gasteiger partial charge < -0.3 is 0 Å². The number of likely N-dealkylation sites (tertiary alicyclic amines) is 1. The van der Waals surface area contributed by atoms with Gasteiger partial charge in [-0.3, -0.25) is 4.90 Å². The lowest BCUT2D eigenvalue weighted by Gasteiger charge is -2.36. The number of aromatic nitrogens is 1. The predicted molar refractivity (Wildman–Crippen MR) is 89.5 cm³/mol. The number of thioether (sulfide) groups is 1. The average molecular weight is 298 g/mol. The Morgan fingerprint density at radius 2 is 2.00 bits per heavy atom. The van der Waals surface area contributed by atoms with Gasteiger partial charge in [-0.1, -0.05) is 42.8 Å². The first kappa shape index (κ1) is 14.6. The molecule has 0 amide bonds. The molecule has 0 saturated carbocycles. The minimum Gasteiger partial charge on any atom is -0.292 e. The molecule has 1 aliphatic rings. The summed E-state index contributed by atoms with van der Waals surface area (Å²) in [6, 6.07) is 15.6. The van der Waals surface area contributed by atoms with Crippen molar-refractivity contribution in [3.8, 4) is 0 Å². The molecular formula is C18H22N2S. The molecule has 0 N–H and O–H groups in total. The molecule has 0 aliphatic carbocycles. The molecule has 0 radical (unpaired) electrons. The normalized spacial score (nSPS) is 19.6. The summed E-state index contributed by atoms with van der Waals surface area (Å²) >= 11 is 1.76. The summed E-state index contributed by atoms with van der Waals surface area (Å²) in [5.41, 5.74) is 2.81. The maximum atomic E-state index is 4.55. The highest BCUT2D eigenvalue weighted by Gasteiger charge is 2.26. The Labute approximate surface area is 131 Å². The number of nitrogens with zero attached hydrogens (tertiary/aromatic N) is 2. The fourth-order valence-electron chi connectivity index (χ4n) is 3.18. The summed E-state index contributed by atoms with van der Waals surface area (Å²) in [5.74, 6) is 0. The van der Waals surface area contributed by atoms with E-state index in [0.717, 1.165) is 6.54 Å². The van der Waals surface area contributed by atoms with E-state index in [1.54, 1.807) is 11.8 Å². The Morgan fingerprint density at radius 3 is 2.81 bits per heavy atom. The van der Waals surface area contributed by atoms with Crippen molar-refractivity contribution in [2.24, 2.45) is 0 Å². The molecule has 1 aromatic heterocycles. The number of hydrogen-bond donors (Lipinski definition) is 0. The molecule has 0 bridgehead atoms. The van der Waals surface area contributed by atoms with E-state index in [0.29, 0.717) is 6.04 Å². The van der Waals surface area contributed by atoms with E-state index in [1.165, 1.54) is 42.0 Å². The van der Waals surface area contributed by atoms with Crippen LogP contribution in [-0.4, -0.2) is 22.7 Å². The third-order valence-electron chi connectivity index (χ3n) is 4.20. The number of hydrogen-bond acceptors (Lipinski definition) is 3. The van der Waals surface area contributed by atoms with Crippen molar-refractivity contribution in [2.45, 2.75) is 36.9 Å².